The zero-order chi connectivity index (χ0) is 40.0. The summed E-state index contributed by atoms with van der Waals surface area (Å²) < 4.78 is 143. The highest BCUT2D eigenvalue weighted by Gasteiger charge is 2.38. The number of ether oxygens (including phenoxy) is 1. The maximum absolute atomic E-state index is 14.1. The number of benzene rings is 2. The van der Waals surface area contributed by atoms with E-state index in [1.165, 1.54) is 36.5 Å². The molecule has 1 saturated carbocycles. The molecular weight excluding hydrogens is 755 g/mol. The van der Waals surface area contributed by atoms with Crippen LogP contribution >= 0.6 is 0 Å². The Kier molecular flexibility index (Phi) is 14.0. The largest absolute Gasteiger partial charge is 0.616 e. The fourth-order valence-corrected chi connectivity index (χ4v) is 6.86. The standard InChI is InChI=1S/C36H41F9N4O4S/c1-4-48(20-24-7-5-23(6-8-24)13-32(50)51)31-10-9-27(34(37,38)39)16-26(31)21-49(33-46-18-30(19-47-33)53-11-12-54(3)52)22(2)25-14-28(35(40,41)42)17-29(15-25)36(43,44)45/h9-10,14-19,22-24H,4-8,11-13,20-21H2,1-3H3,(H,50,51)/t22-,23-,24-,54?/m1/s1. The van der Waals surface area contributed by atoms with Crippen molar-refractivity contribution < 1.29 is 58.7 Å². The Balaban J connectivity index is 1.79. The lowest BCUT2D eigenvalue weighted by molar-refractivity contribution is -0.143. The third kappa shape index (κ3) is 11.8. The monoisotopic (exact) mass is 796 g/mol. The van der Waals surface area contributed by atoms with Gasteiger partial charge in [0.15, 0.2) is 5.75 Å². The number of hydrogen-bond acceptors (Lipinski definition) is 7. The molecule has 2 atom stereocenters. The van der Waals surface area contributed by atoms with Crippen molar-refractivity contribution >= 4 is 28.8 Å². The molecule has 1 fully saturated rings. The molecule has 18 heteroatoms. The highest BCUT2D eigenvalue weighted by molar-refractivity contribution is 7.90. The lowest BCUT2D eigenvalue weighted by Crippen LogP contribution is -2.34. The molecule has 8 nitrogen and oxygen atoms in total. The molecule has 1 unspecified atom stereocenters. The van der Waals surface area contributed by atoms with Gasteiger partial charge in [0.1, 0.15) is 12.4 Å². The number of carboxylic acids is 1. The molecule has 0 amide bonds. The molecule has 0 bridgehead atoms. The van der Waals surface area contributed by atoms with E-state index in [1.54, 1.807) is 6.92 Å². The van der Waals surface area contributed by atoms with Crippen molar-refractivity contribution in [2.24, 2.45) is 11.8 Å². The van der Waals surface area contributed by atoms with E-state index in [0.29, 0.717) is 56.6 Å². The van der Waals surface area contributed by atoms with Gasteiger partial charge in [-0.15, -0.1) is 0 Å². The van der Waals surface area contributed by atoms with Crippen LogP contribution in [-0.4, -0.2) is 57.3 Å². The summed E-state index contributed by atoms with van der Waals surface area (Å²) in [5.74, 6) is -0.702. The first-order valence-electron chi connectivity index (χ1n) is 17.1. The van der Waals surface area contributed by atoms with Gasteiger partial charge in [0, 0.05) is 31.7 Å². The number of aromatic nitrogens is 2. The molecule has 1 aliphatic carbocycles. The Bertz CT molecular complexity index is 1670. The minimum absolute atomic E-state index is 0.00824. The molecule has 1 aliphatic rings. The van der Waals surface area contributed by atoms with Crippen LogP contribution < -0.4 is 14.5 Å². The van der Waals surface area contributed by atoms with Gasteiger partial charge in [-0.25, -0.2) is 9.97 Å². The average molecular weight is 797 g/mol. The van der Waals surface area contributed by atoms with Gasteiger partial charge < -0.3 is 24.2 Å². The van der Waals surface area contributed by atoms with E-state index in [2.05, 4.69) is 9.97 Å². The van der Waals surface area contributed by atoms with Crippen LogP contribution in [0.1, 0.15) is 79.8 Å². The van der Waals surface area contributed by atoms with Gasteiger partial charge in [0.25, 0.3) is 0 Å². The number of rotatable bonds is 15. The SMILES string of the molecule is CCN(C[C@H]1CC[C@H](CC(=O)O)CC1)c1ccc(C(F)(F)F)cc1CN(c1ncc(OCC[S+](C)[O-])cn1)[C@H](C)c1cc(C(F)(F)F)cc(C(F)(F)F)c1. The Morgan fingerprint density at radius 1 is 0.907 bits per heavy atom. The van der Waals surface area contributed by atoms with Gasteiger partial charge >= 0.3 is 24.5 Å². The molecule has 298 valence electrons. The molecule has 3 aromatic rings. The van der Waals surface area contributed by atoms with Crippen LogP contribution in [0.25, 0.3) is 0 Å². The molecule has 54 heavy (non-hydrogen) atoms. The van der Waals surface area contributed by atoms with Crippen molar-refractivity contribution in [2.75, 3.05) is 41.5 Å². The lowest BCUT2D eigenvalue weighted by atomic mass is 9.80. The number of halogens is 9. The van der Waals surface area contributed by atoms with E-state index >= 15 is 0 Å². The molecule has 0 saturated heterocycles. The molecule has 1 heterocycles. The van der Waals surface area contributed by atoms with E-state index in [-0.39, 0.29) is 53.9 Å². The van der Waals surface area contributed by atoms with Crippen molar-refractivity contribution in [1.29, 1.82) is 0 Å². The summed E-state index contributed by atoms with van der Waals surface area (Å²) in [5.41, 5.74) is -4.15. The number of carbonyl (C=O) groups is 1. The van der Waals surface area contributed by atoms with Gasteiger partial charge in [0.05, 0.1) is 41.4 Å². The summed E-state index contributed by atoms with van der Waals surface area (Å²) >= 11 is -1.18. The second-order valence-corrected chi connectivity index (χ2v) is 14.9. The van der Waals surface area contributed by atoms with Gasteiger partial charge in [-0.1, -0.05) is 11.2 Å². The van der Waals surface area contributed by atoms with Gasteiger partial charge in [-0.3, -0.25) is 4.79 Å². The first-order valence-corrected chi connectivity index (χ1v) is 18.9. The first kappa shape index (κ1) is 42.8. The molecule has 0 radical (unpaired) electrons. The Morgan fingerprint density at radius 2 is 1.46 bits per heavy atom. The summed E-state index contributed by atoms with van der Waals surface area (Å²) in [4.78, 5) is 22.8. The fourth-order valence-electron chi connectivity index (χ4n) is 6.55. The smallest absolute Gasteiger partial charge is 0.416 e. The van der Waals surface area contributed by atoms with Crippen molar-refractivity contribution in [3.05, 3.63) is 76.6 Å². The van der Waals surface area contributed by atoms with Crippen molar-refractivity contribution in [2.45, 2.75) is 77.1 Å². The van der Waals surface area contributed by atoms with Crippen molar-refractivity contribution in [3.8, 4) is 5.75 Å². The Hall–Kier alpha value is -3.93. The number of aliphatic carboxylic acids is 1. The molecule has 0 aliphatic heterocycles. The summed E-state index contributed by atoms with van der Waals surface area (Å²) in [5, 5.41) is 9.19. The van der Waals surface area contributed by atoms with Crippen LogP contribution in [0.15, 0.2) is 48.8 Å². The Morgan fingerprint density at radius 3 is 1.96 bits per heavy atom. The summed E-state index contributed by atoms with van der Waals surface area (Å²) in [6.45, 7) is 3.43. The number of alkyl halides is 9. The van der Waals surface area contributed by atoms with Gasteiger partial charge in [0.2, 0.25) is 5.95 Å². The Labute approximate surface area is 309 Å². The topological polar surface area (TPSA) is 102 Å². The van der Waals surface area contributed by atoms with Crippen LogP contribution in [0.4, 0.5) is 51.1 Å². The zero-order valence-corrected chi connectivity index (χ0v) is 30.5. The second-order valence-electron chi connectivity index (χ2n) is 13.4. The highest BCUT2D eigenvalue weighted by Crippen LogP contribution is 2.41. The number of hydrogen-bond donors (Lipinski definition) is 1. The second kappa shape index (κ2) is 17.7. The maximum Gasteiger partial charge on any atom is 0.416 e. The molecule has 1 aromatic heterocycles. The van der Waals surface area contributed by atoms with Crippen LogP contribution in [0.2, 0.25) is 0 Å². The predicted octanol–water partition coefficient (Wildman–Crippen LogP) is 9.17. The van der Waals surface area contributed by atoms with E-state index in [9.17, 15) is 54.0 Å². The van der Waals surface area contributed by atoms with Crippen LogP contribution in [0.3, 0.4) is 0 Å². The maximum atomic E-state index is 14.1. The summed E-state index contributed by atoms with van der Waals surface area (Å²) in [6.07, 6.45) is -8.46. The van der Waals surface area contributed by atoms with Crippen molar-refractivity contribution in [3.63, 3.8) is 0 Å². The molecule has 4 rings (SSSR count). The molecular formula is C36H41F9N4O4S. The quantitative estimate of drug-likeness (QED) is 0.120. The third-order valence-corrected chi connectivity index (χ3v) is 10.2. The van der Waals surface area contributed by atoms with Gasteiger partial charge in [-0.05, 0) is 98.9 Å². The molecule has 1 N–H and O–H groups in total. The number of anilines is 2. The molecule has 0 spiro atoms. The lowest BCUT2D eigenvalue weighted by Gasteiger charge is -2.36. The van der Waals surface area contributed by atoms with Crippen LogP contribution in [-0.2, 0) is 41.0 Å². The fraction of sp³-hybridized carbons (Fsp3) is 0.528. The molecule has 2 aromatic carbocycles. The predicted molar refractivity (Wildman–Crippen MR) is 185 cm³/mol. The highest BCUT2D eigenvalue weighted by atomic mass is 32.2. The third-order valence-electron chi connectivity index (χ3n) is 9.45. The summed E-state index contributed by atoms with van der Waals surface area (Å²) in [7, 11) is 0. The van der Waals surface area contributed by atoms with Crippen LogP contribution in [0, 0.1) is 11.8 Å². The summed E-state index contributed by atoms with van der Waals surface area (Å²) in [6, 6.07) is 2.87. The first-order chi connectivity index (χ1) is 25.1. The van der Waals surface area contributed by atoms with Crippen LogP contribution in [0.5, 0.6) is 5.75 Å². The zero-order valence-electron chi connectivity index (χ0n) is 29.7. The normalized spacial score (nSPS) is 17.9. The van der Waals surface area contributed by atoms with E-state index in [4.69, 9.17) is 4.74 Å². The van der Waals surface area contributed by atoms with E-state index in [0.717, 1.165) is 12.1 Å². The van der Waals surface area contributed by atoms with E-state index < -0.39 is 70.5 Å². The average Bonchev–Trinajstić information content (AvgIpc) is 3.08. The van der Waals surface area contributed by atoms with Gasteiger partial charge in [-0.2, -0.15) is 39.5 Å². The number of nitrogens with zero attached hydrogens (tertiary/aromatic N) is 4. The minimum Gasteiger partial charge on any atom is -0.616 e. The number of carboxylic acid groups (broad SMARTS) is 1. The van der Waals surface area contributed by atoms with Crippen molar-refractivity contribution in [1.82, 2.24) is 9.97 Å². The van der Waals surface area contributed by atoms with E-state index in [1.807, 2.05) is 4.90 Å². The minimum atomic E-state index is -5.15.